The highest BCUT2D eigenvalue weighted by atomic mass is 32.1. The average molecular weight is 928 g/mol. The zero-order valence-electron chi connectivity index (χ0n) is 42.2. The highest BCUT2D eigenvalue weighted by Gasteiger charge is 2.58. The van der Waals surface area contributed by atoms with Gasteiger partial charge in [0.25, 0.3) is 6.71 Å². The van der Waals surface area contributed by atoms with Crippen molar-refractivity contribution in [3.63, 3.8) is 0 Å². The van der Waals surface area contributed by atoms with Crippen molar-refractivity contribution in [2.24, 2.45) is 0 Å². The summed E-state index contributed by atoms with van der Waals surface area (Å²) in [5.74, 6) is 0. The van der Waals surface area contributed by atoms with Crippen LogP contribution in [0.3, 0.4) is 0 Å². The number of hydrogen-bond acceptors (Lipinski definition) is 4. The lowest BCUT2D eigenvalue weighted by Crippen LogP contribution is -2.61. The first-order chi connectivity index (χ1) is 33.6. The number of hydrogen-bond donors (Lipinski definition) is 0. The molecule has 3 nitrogen and oxygen atoms in total. The maximum atomic E-state index is 2.77. The fraction of sp³-hybridized carbons (Fsp3) is 0.262. The van der Waals surface area contributed by atoms with Crippen LogP contribution in [0.5, 0.6) is 0 Å². The Labute approximate surface area is 419 Å². The molecule has 0 amide bonds. The molecule has 0 radical (unpaired) electrons. The Morgan fingerprint density at radius 1 is 0.486 bits per heavy atom. The van der Waals surface area contributed by atoms with E-state index in [1.165, 1.54) is 135 Å². The molecule has 9 aromatic rings. The minimum absolute atomic E-state index is 0.00397. The molecule has 4 aliphatic rings. The van der Waals surface area contributed by atoms with E-state index < -0.39 is 0 Å². The molecule has 3 aliphatic heterocycles. The van der Waals surface area contributed by atoms with Gasteiger partial charge in [-0.25, -0.2) is 0 Å². The SMILES string of the molecule is Cc1cc2c3c(c1)N(c1ccc4c(c1)sc1ccccc14)c1cc(C(C)(C)C)ccc1B3c1ccc(N3c4ccc(-c5ccccc5)cc4C4(C)CCCCC34C)cc1N2c1cccc(C(C)(C)C)c1. The van der Waals surface area contributed by atoms with Gasteiger partial charge in [0.05, 0.1) is 5.54 Å². The van der Waals surface area contributed by atoms with E-state index in [4.69, 9.17) is 0 Å². The molecule has 5 heteroatoms. The Bertz CT molecular complexity index is 3610. The van der Waals surface area contributed by atoms with Crippen LogP contribution in [0.4, 0.5) is 45.5 Å². The summed E-state index contributed by atoms with van der Waals surface area (Å²) < 4.78 is 2.65. The van der Waals surface area contributed by atoms with Crippen molar-refractivity contribution in [2.45, 2.75) is 110 Å². The third-order valence-corrected chi connectivity index (χ3v) is 18.3. The lowest BCUT2D eigenvalue weighted by molar-refractivity contribution is 0.195. The first-order valence-corrected chi connectivity index (χ1v) is 26.5. The van der Waals surface area contributed by atoms with Crippen LogP contribution in [0, 0.1) is 6.92 Å². The summed E-state index contributed by atoms with van der Waals surface area (Å²) in [6.45, 7) is 21.5. The number of rotatable bonds is 4. The molecule has 70 heavy (non-hydrogen) atoms. The quantitative estimate of drug-likeness (QED) is 0.163. The van der Waals surface area contributed by atoms with Gasteiger partial charge in [0, 0.05) is 71.1 Å². The third kappa shape index (κ3) is 6.32. The summed E-state index contributed by atoms with van der Waals surface area (Å²) in [7, 11) is 0. The summed E-state index contributed by atoms with van der Waals surface area (Å²) in [6.07, 6.45) is 4.81. The number of fused-ring (bicyclic) bond motifs is 10. The normalized spacial score (nSPS) is 19.3. The number of nitrogens with zero attached hydrogens (tertiary/aromatic N) is 3. The van der Waals surface area contributed by atoms with Crippen LogP contribution >= 0.6 is 11.3 Å². The van der Waals surface area contributed by atoms with E-state index in [9.17, 15) is 0 Å². The van der Waals surface area contributed by atoms with Crippen molar-refractivity contribution in [3.05, 3.63) is 186 Å². The summed E-state index contributed by atoms with van der Waals surface area (Å²) in [5.41, 5.74) is 22.0. The van der Waals surface area contributed by atoms with Crippen LogP contribution in [-0.4, -0.2) is 12.3 Å². The van der Waals surface area contributed by atoms with Gasteiger partial charge in [-0.3, -0.25) is 0 Å². The van der Waals surface area contributed by atoms with Gasteiger partial charge in [-0.2, -0.15) is 0 Å². The molecule has 0 bridgehead atoms. The molecule has 2 atom stereocenters. The van der Waals surface area contributed by atoms with Crippen molar-refractivity contribution in [3.8, 4) is 11.1 Å². The molecule has 346 valence electrons. The first-order valence-electron chi connectivity index (χ1n) is 25.7. The summed E-state index contributed by atoms with van der Waals surface area (Å²) in [5, 5.41) is 2.65. The summed E-state index contributed by atoms with van der Waals surface area (Å²) >= 11 is 1.90. The largest absolute Gasteiger partial charge is 0.334 e. The maximum Gasteiger partial charge on any atom is 0.252 e. The van der Waals surface area contributed by atoms with Crippen molar-refractivity contribution >= 4 is 100 Å². The van der Waals surface area contributed by atoms with Gasteiger partial charge < -0.3 is 14.7 Å². The van der Waals surface area contributed by atoms with Crippen LogP contribution in [-0.2, 0) is 16.2 Å². The smallest absolute Gasteiger partial charge is 0.252 e. The van der Waals surface area contributed by atoms with Gasteiger partial charge >= 0.3 is 0 Å². The standard InChI is InChI=1S/C65H62BN3S/c1-41-34-57-61-58(35-41)68(47-26-28-50-49-22-13-14-23-59(49)70-60(50)40-47)55-38-45(63(5,6)7)25-29-52(55)66(61)53-30-27-48(39-56(53)67(57)46-21-17-20-44(37-46)62(2,3)4)69-54-31-24-43(42-18-11-10-12-19-42)36-51(54)64(8)32-15-16-33-65(64,69)9/h10-14,17-31,34-40H,15-16,32-33H2,1-9H3. The zero-order chi connectivity index (χ0) is 48.1. The molecule has 8 aromatic carbocycles. The average Bonchev–Trinajstić information content (AvgIpc) is 3.82. The number of aryl methyl sites for hydroxylation is 1. The van der Waals surface area contributed by atoms with E-state index in [1.807, 2.05) is 11.3 Å². The first kappa shape index (κ1) is 43.5. The molecule has 1 aromatic heterocycles. The molecule has 2 unspecified atom stereocenters. The number of thiophene rings is 1. The van der Waals surface area contributed by atoms with E-state index in [0.29, 0.717) is 0 Å². The third-order valence-electron chi connectivity index (χ3n) is 17.1. The molecule has 1 saturated carbocycles. The zero-order valence-corrected chi connectivity index (χ0v) is 43.1. The molecule has 13 rings (SSSR count). The monoisotopic (exact) mass is 927 g/mol. The van der Waals surface area contributed by atoms with Crippen LogP contribution < -0.4 is 31.1 Å². The van der Waals surface area contributed by atoms with Crippen LogP contribution in [0.25, 0.3) is 31.3 Å². The van der Waals surface area contributed by atoms with Crippen LogP contribution in [0.2, 0.25) is 0 Å². The summed E-state index contributed by atoms with van der Waals surface area (Å²) in [4.78, 5) is 8.01. The predicted octanol–water partition coefficient (Wildman–Crippen LogP) is 16.4. The van der Waals surface area contributed by atoms with Crippen molar-refractivity contribution < 1.29 is 0 Å². The molecule has 0 saturated heterocycles. The Morgan fingerprint density at radius 2 is 1.13 bits per heavy atom. The molecule has 1 fully saturated rings. The van der Waals surface area contributed by atoms with Crippen molar-refractivity contribution in [2.75, 3.05) is 14.7 Å². The summed E-state index contributed by atoms with van der Waals surface area (Å²) in [6, 6.07) is 63.6. The van der Waals surface area contributed by atoms with Crippen molar-refractivity contribution in [1.82, 2.24) is 0 Å². The Morgan fingerprint density at radius 3 is 1.89 bits per heavy atom. The van der Waals surface area contributed by atoms with E-state index in [-0.39, 0.29) is 28.5 Å². The molecule has 0 N–H and O–H groups in total. The van der Waals surface area contributed by atoms with Gasteiger partial charge in [-0.05, 0) is 160 Å². The molecule has 0 spiro atoms. The minimum atomic E-state index is -0.0960. The van der Waals surface area contributed by atoms with Gasteiger partial charge in [0.2, 0.25) is 0 Å². The molecule has 1 aliphatic carbocycles. The van der Waals surface area contributed by atoms with Crippen molar-refractivity contribution in [1.29, 1.82) is 0 Å². The second kappa shape index (κ2) is 15.2. The minimum Gasteiger partial charge on any atom is -0.334 e. The van der Waals surface area contributed by atoms with E-state index in [2.05, 4.69) is 241 Å². The maximum absolute atomic E-state index is 2.77. The molecular weight excluding hydrogens is 866 g/mol. The molecule has 4 heterocycles. The van der Waals surface area contributed by atoms with E-state index in [0.717, 1.165) is 6.42 Å². The van der Waals surface area contributed by atoms with Gasteiger partial charge in [-0.1, -0.05) is 152 Å². The van der Waals surface area contributed by atoms with E-state index >= 15 is 0 Å². The lowest BCUT2D eigenvalue weighted by atomic mass is 9.33. The van der Waals surface area contributed by atoms with Crippen LogP contribution in [0.15, 0.2) is 164 Å². The second-order valence-electron chi connectivity index (χ2n) is 23.4. The van der Waals surface area contributed by atoms with Gasteiger partial charge in [0.1, 0.15) is 0 Å². The number of benzene rings is 8. The Kier molecular flexibility index (Phi) is 9.45. The predicted molar refractivity (Wildman–Crippen MR) is 304 cm³/mol. The fourth-order valence-electron chi connectivity index (χ4n) is 13.2. The highest BCUT2D eigenvalue weighted by Crippen LogP contribution is 2.62. The Balaban J connectivity index is 1.07. The molecular formula is C65H62BN3S. The van der Waals surface area contributed by atoms with Crippen LogP contribution in [0.1, 0.15) is 103 Å². The fourth-order valence-corrected chi connectivity index (χ4v) is 14.3. The van der Waals surface area contributed by atoms with Gasteiger partial charge in [-0.15, -0.1) is 11.3 Å². The van der Waals surface area contributed by atoms with Gasteiger partial charge in [0.15, 0.2) is 0 Å². The second-order valence-corrected chi connectivity index (χ2v) is 24.5. The topological polar surface area (TPSA) is 9.72 Å². The lowest BCUT2D eigenvalue weighted by Gasteiger charge is -2.50. The Hall–Kier alpha value is -6.56. The highest BCUT2D eigenvalue weighted by molar-refractivity contribution is 7.25. The van der Waals surface area contributed by atoms with E-state index in [1.54, 1.807) is 0 Å². The number of anilines is 8.